The SMILES string of the molecule is COc1ccc(C(=O)N2CCCC(Oc3ccnc(C(N)=O)c3)C2)cc1. The highest BCUT2D eigenvalue weighted by molar-refractivity contribution is 5.94. The second kappa shape index (κ2) is 7.86. The van der Waals surface area contributed by atoms with Gasteiger partial charge in [-0.15, -0.1) is 0 Å². The van der Waals surface area contributed by atoms with Crippen LogP contribution in [0.25, 0.3) is 0 Å². The third kappa shape index (κ3) is 4.11. The number of piperidine rings is 1. The Morgan fingerprint density at radius 3 is 2.65 bits per heavy atom. The fourth-order valence-corrected chi connectivity index (χ4v) is 2.95. The van der Waals surface area contributed by atoms with Crippen molar-refractivity contribution in [2.75, 3.05) is 20.2 Å². The number of amides is 2. The van der Waals surface area contributed by atoms with Crippen LogP contribution >= 0.6 is 0 Å². The van der Waals surface area contributed by atoms with Gasteiger partial charge in [-0.1, -0.05) is 0 Å². The summed E-state index contributed by atoms with van der Waals surface area (Å²) >= 11 is 0. The Morgan fingerprint density at radius 2 is 1.96 bits per heavy atom. The van der Waals surface area contributed by atoms with Crippen LogP contribution in [0.15, 0.2) is 42.6 Å². The molecule has 2 amide bonds. The van der Waals surface area contributed by atoms with E-state index < -0.39 is 5.91 Å². The van der Waals surface area contributed by atoms with Crippen molar-refractivity contribution in [1.82, 2.24) is 9.88 Å². The van der Waals surface area contributed by atoms with Crippen LogP contribution in [0.4, 0.5) is 0 Å². The third-order valence-corrected chi connectivity index (χ3v) is 4.29. The van der Waals surface area contributed by atoms with Crippen molar-refractivity contribution in [3.05, 3.63) is 53.9 Å². The van der Waals surface area contributed by atoms with Gasteiger partial charge in [0.15, 0.2) is 0 Å². The number of nitrogens with two attached hydrogens (primary N) is 1. The van der Waals surface area contributed by atoms with Gasteiger partial charge in [0.25, 0.3) is 11.8 Å². The molecule has 1 atom stereocenters. The summed E-state index contributed by atoms with van der Waals surface area (Å²) in [6, 6.07) is 10.3. The molecule has 0 bridgehead atoms. The number of carbonyl (C=O) groups excluding carboxylic acids is 2. The highest BCUT2D eigenvalue weighted by atomic mass is 16.5. The van der Waals surface area contributed by atoms with Crippen LogP contribution in [0.5, 0.6) is 11.5 Å². The van der Waals surface area contributed by atoms with Crippen molar-refractivity contribution in [3.63, 3.8) is 0 Å². The van der Waals surface area contributed by atoms with Gasteiger partial charge in [-0.05, 0) is 43.2 Å². The number of methoxy groups -OCH3 is 1. The summed E-state index contributed by atoms with van der Waals surface area (Å²) in [6.07, 6.45) is 3.02. The maximum atomic E-state index is 12.7. The maximum Gasteiger partial charge on any atom is 0.267 e. The molecular formula is C19H21N3O4. The predicted octanol–water partition coefficient (Wildman–Crippen LogP) is 1.87. The van der Waals surface area contributed by atoms with Crippen molar-refractivity contribution in [2.45, 2.75) is 18.9 Å². The molecule has 1 aromatic heterocycles. The Hall–Kier alpha value is -3.09. The number of aromatic nitrogens is 1. The van der Waals surface area contributed by atoms with Crippen LogP contribution in [0, 0.1) is 0 Å². The summed E-state index contributed by atoms with van der Waals surface area (Å²) in [7, 11) is 1.59. The predicted molar refractivity (Wildman–Crippen MR) is 95.3 cm³/mol. The summed E-state index contributed by atoms with van der Waals surface area (Å²) in [5.74, 6) is 0.603. The van der Waals surface area contributed by atoms with Crippen LogP contribution in [0.1, 0.15) is 33.7 Å². The Labute approximate surface area is 151 Å². The zero-order valence-electron chi connectivity index (χ0n) is 14.6. The summed E-state index contributed by atoms with van der Waals surface area (Å²) in [6.45, 7) is 1.17. The van der Waals surface area contributed by atoms with Crippen LogP contribution in [-0.4, -0.2) is 48.0 Å². The van der Waals surface area contributed by atoms with Gasteiger partial charge in [-0.3, -0.25) is 14.6 Å². The molecule has 1 unspecified atom stereocenters. The normalized spacial score (nSPS) is 16.8. The van der Waals surface area contributed by atoms with Gasteiger partial charge in [-0.25, -0.2) is 0 Å². The van der Waals surface area contributed by atoms with E-state index in [4.69, 9.17) is 15.2 Å². The van der Waals surface area contributed by atoms with Gasteiger partial charge < -0.3 is 20.1 Å². The smallest absolute Gasteiger partial charge is 0.267 e. The zero-order valence-corrected chi connectivity index (χ0v) is 14.6. The van der Waals surface area contributed by atoms with Crippen LogP contribution in [0.3, 0.4) is 0 Å². The monoisotopic (exact) mass is 355 g/mol. The number of primary amides is 1. The van der Waals surface area contributed by atoms with E-state index in [0.717, 1.165) is 12.8 Å². The average molecular weight is 355 g/mol. The lowest BCUT2D eigenvalue weighted by atomic mass is 10.1. The minimum absolute atomic E-state index is 0.0338. The van der Waals surface area contributed by atoms with E-state index in [0.29, 0.717) is 30.2 Å². The molecule has 0 aliphatic carbocycles. The lowest BCUT2D eigenvalue weighted by Gasteiger charge is -2.33. The molecule has 1 saturated heterocycles. The zero-order chi connectivity index (χ0) is 18.5. The number of ether oxygens (including phenoxy) is 2. The largest absolute Gasteiger partial charge is 0.497 e. The van der Waals surface area contributed by atoms with Crippen molar-refractivity contribution >= 4 is 11.8 Å². The van der Waals surface area contributed by atoms with Gasteiger partial charge in [-0.2, -0.15) is 0 Å². The molecule has 7 heteroatoms. The summed E-state index contributed by atoms with van der Waals surface area (Å²) in [5.41, 5.74) is 6.02. The molecule has 3 rings (SSSR count). The highest BCUT2D eigenvalue weighted by Gasteiger charge is 2.26. The highest BCUT2D eigenvalue weighted by Crippen LogP contribution is 2.21. The van der Waals surface area contributed by atoms with Crippen molar-refractivity contribution in [2.24, 2.45) is 5.73 Å². The Morgan fingerprint density at radius 1 is 1.19 bits per heavy atom. The number of rotatable bonds is 5. The van der Waals surface area contributed by atoms with Crippen molar-refractivity contribution in [1.29, 1.82) is 0 Å². The number of hydrogen-bond acceptors (Lipinski definition) is 5. The van der Waals surface area contributed by atoms with E-state index in [1.807, 2.05) is 0 Å². The maximum absolute atomic E-state index is 12.7. The molecule has 136 valence electrons. The molecule has 2 aromatic rings. The second-order valence-corrected chi connectivity index (χ2v) is 6.10. The van der Waals surface area contributed by atoms with E-state index >= 15 is 0 Å². The fourth-order valence-electron chi connectivity index (χ4n) is 2.95. The second-order valence-electron chi connectivity index (χ2n) is 6.10. The standard InChI is InChI=1S/C19H21N3O4/c1-25-14-6-4-13(5-7-14)19(24)22-10-2-3-16(12-22)26-15-8-9-21-17(11-15)18(20)23/h4-9,11,16H,2-3,10,12H2,1H3,(H2,20,23). The fraction of sp³-hybridized carbons (Fsp3) is 0.316. The lowest BCUT2D eigenvalue weighted by Crippen LogP contribution is -2.44. The van der Waals surface area contributed by atoms with E-state index in [1.54, 1.807) is 42.3 Å². The number of hydrogen-bond donors (Lipinski definition) is 1. The van der Waals surface area contributed by atoms with Crippen molar-refractivity contribution < 1.29 is 19.1 Å². The van der Waals surface area contributed by atoms with E-state index in [2.05, 4.69) is 4.98 Å². The Balaban J connectivity index is 1.65. The Kier molecular flexibility index (Phi) is 5.36. The number of benzene rings is 1. The molecule has 1 fully saturated rings. The molecule has 1 aliphatic heterocycles. The minimum atomic E-state index is -0.601. The van der Waals surface area contributed by atoms with Gasteiger partial charge >= 0.3 is 0 Å². The molecule has 2 N–H and O–H groups in total. The summed E-state index contributed by atoms with van der Waals surface area (Å²) < 4.78 is 11.1. The molecular weight excluding hydrogens is 334 g/mol. The summed E-state index contributed by atoms with van der Waals surface area (Å²) in [5, 5.41) is 0. The molecule has 0 saturated carbocycles. The quantitative estimate of drug-likeness (QED) is 0.883. The van der Waals surface area contributed by atoms with Crippen molar-refractivity contribution in [3.8, 4) is 11.5 Å². The van der Waals surface area contributed by atoms with Crippen LogP contribution < -0.4 is 15.2 Å². The first-order valence-corrected chi connectivity index (χ1v) is 8.42. The molecule has 2 heterocycles. The van der Waals surface area contributed by atoms with Crippen LogP contribution in [0.2, 0.25) is 0 Å². The van der Waals surface area contributed by atoms with E-state index in [1.165, 1.54) is 12.3 Å². The minimum Gasteiger partial charge on any atom is -0.497 e. The molecule has 0 radical (unpaired) electrons. The Bertz CT molecular complexity index is 792. The number of likely N-dealkylation sites (tertiary alicyclic amines) is 1. The third-order valence-electron chi connectivity index (χ3n) is 4.29. The van der Waals surface area contributed by atoms with Gasteiger partial charge in [0.1, 0.15) is 23.3 Å². The first-order chi connectivity index (χ1) is 12.6. The number of carbonyl (C=O) groups is 2. The van der Waals surface area contributed by atoms with E-state index in [-0.39, 0.29) is 17.7 Å². The van der Waals surface area contributed by atoms with Crippen LogP contribution in [-0.2, 0) is 0 Å². The molecule has 0 spiro atoms. The van der Waals surface area contributed by atoms with Gasteiger partial charge in [0, 0.05) is 24.4 Å². The number of pyridine rings is 1. The first kappa shape index (κ1) is 17.7. The average Bonchev–Trinajstić information content (AvgIpc) is 2.68. The molecule has 26 heavy (non-hydrogen) atoms. The lowest BCUT2D eigenvalue weighted by molar-refractivity contribution is 0.0537. The van der Waals surface area contributed by atoms with Gasteiger partial charge in [0.2, 0.25) is 0 Å². The first-order valence-electron chi connectivity index (χ1n) is 8.42. The molecule has 7 nitrogen and oxygen atoms in total. The molecule has 1 aromatic carbocycles. The van der Waals surface area contributed by atoms with Gasteiger partial charge in [0.05, 0.1) is 13.7 Å². The topological polar surface area (TPSA) is 94.8 Å². The summed E-state index contributed by atoms with van der Waals surface area (Å²) in [4.78, 5) is 29.6. The van der Waals surface area contributed by atoms with E-state index in [9.17, 15) is 9.59 Å². The number of nitrogens with zero attached hydrogens (tertiary/aromatic N) is 2. The molecule has 1 aliphatic rings.